The maximum absolute atomic E-state index is 4.65. The molecule has 1 aromatic rings. The Bertz CT molecular complexity index is 444. The molecular weight excluding hydrogens is 264 g/mol. The number of rotatable bonds is 9. The Hall–Kier alpha value is -1.59. The molecule has 0 aromatic carbocycles. The predicted molar refractivity (Wildman–Crippen MR) is 88.2 cm³/mol. The SMILES string of the molecule is CCCCN(c1nc(NCCC)nc(N(C)C)n1)C1CC1. The minimum Gasteiger partial charge on any atom is -0.354 e. The van der Waals surface area contributed by atoms with Gasteiger partial charge in [-0.3, -0.25) is 0 Å². The van der Waals surface area contributed by atoms with Gasteiger partial charge in [0.05, 0.1) is 0 Å². The highest BCUT2D eigenvalue weighted by Gasteiger charge is 2.31. The van der Waals surface area contributed by atoms with Gasteiger partial charge >= 0.3 is 0 Å². The lowest BCUT2D eigenvalue weighted by molar-refractivity contribution is 0.691. The first-order valence-corrected chi connectivity index (χ1v) is 8.09. The number of nitrogens with one attached hydrogen (secondary N) is 1. The fourth-order valence-corrected chi connectivity index (χ4v) is 2.16. The van der Waals surface area contributed by atoms with Gasteiger partial charge in [0.15, 0.2) is 0 Å². The highest BCUT2D eigenvalue weighted by Crippen LogP contribution is 2.31. The van der Waals surface area contributed by atoms with Crippen molar-refractivity contribution < 1.29 is 0 Å². The van der Waals surface area contributed by atoms with Crippen molar-refractivity contribution in [2.45, 2.75) is 52.0 Å². The zero-order chi connectivity index (χ0) is 15.2. The monoisotopic (exact) mass is 292 g/mol. The normalized spacial score (nSPS) is 14.1. The molecule has 1 heterocycles. The van der Waals surface area contributed by atoms with Crippen LogP contribution in [0.4, 0.5) is 17.8 Å². The largest absolute Gasteiger partial charge is 0.354 e. The van der Waals surface area contributed by atoms with Gasteiger partial charge in [-0.2, -0.15) is 15.0 Å². The molecule has 6 nitrogen and oxygen atoms in total. The van der Waals surface area contributed by atoms with E-state index >= 15 is 0 Å². The van der Waals surface area contributed by atoms with Gasteiger partial charge < -0.3 is 15.1 Å². The van der Waals surface area contributed by atoms with E-state index in [0.717, 1.165) is 31.4 Å². The Morgan fingerprint density at radius 2 is 1.76 bits per heavy atom. The molecule has 1 aromatic heterocycles. The summed E-state index contributed by atoms with van der Waals surface area (Å²) in [4.78, 5) is 18.1. The molecule has 6 heteroatoms. The second-order valence-electron chi connectivity index (χ2n) is 5.86. The van der Waals surface area contributed by atoms with Gasteiger partial charge in [-0.05, 0) is 25.7 Å². The van der Waals surface area contributed by atoms with E-state index in [-0.39, 0.29) is 0 Å². The lowest BCUT2D eigenvalue weighted by atomic mass is 10.3. The van der Waals surface area contributed by atoms with Crippen LogP contribution in [0, 0.1) is 0 Å². The highest BCUT2D eigenvalue weighted by molar-refractivity contribution is 5.46. The Kier molecular flexibility index (Phi) is 5.59. The first-order chi connectivity index (χ1) is 10.2. The minimum atomic E-state index is 0.619. The number of anilines is 3. The van der Waals surface area contributed by atoms with Crippen molar-refractivity contribution in [2.24, 2.45) is 0 Å². The van der Waals surface area contributed by atoms with Crippen LogP contribution in [0.25, 0.3) is 0 Å². The molecule has 0 aliphatic heterocycles. The molecule has 118 valence electrons. The van der Waals surface area contributed by atoms with Crippen LogP contribution in [-0.2, 0) is 0 Å². The summed E-state index contributed by atoms with van der Waals surface area (Å²) in [7, 11) is 3.94. The van der Waals surface area contributed by atoms with Gasteiger partial charge in [0.1, 0.15) is 0 Å². The molecule has 1 saturated carbocycles. The van der Waals surface area contributed by atoms with Crippen molar-refractivity contribution in [1.29, 1.82) is 0 Å². The summed E-state index contributed by atoms with van der Waals surface area (Å²) < 4.78 is 0. The summed E-state index contributed by atoms with van der Waals surface area (Å²) >= 11 is 0. The molecule has 0 atom stereocenters. The lowest BCUT2D eigenvalue weighted by Gasteiger charge is -2.23. The average Bonchev–Trinajstić information content (AvgIpc) is 3.30. The molecule has 1 aliphatic carbocycles. The summed E-state index contributed by atoms with van der Waals surface area (Å²) in [5, 5.41) is 3.28. The van der Waals surface area contributed by atoms with Gasteiger partial charge in [-0.1, -0.05) is 20.3 Å². The van der Waals surface area contributed by atoms with Crippen LogP contribution >= 0.6 is 0 Å². The van der Waals surface area contributed by atoms with Crippen LogP contribution in [0.2, 0.25) is 0 Å². The smallest absolute Gasteiger partial charge is 0.232 e. The number of aromatic nitrogens is 3. The topological polar surface area (TPSA) is 57.2 Å². The third-order valence-electron chi connectivity index (χ3n) is 3.54. The van der Waals surface area contributed by atoms with Crippen molar-refractivity contribution in [3.63, 3.8) is 0 Å². The van der Waals surface area contributed by atoms with Crippen LogP contribution in [-0.4, -0.2) is 48.2 Å². The molecule has 0 amide bonds. The molecule has 1 aliphatic rings. The Balaban J connectivity index is 2.23. The van der Waals surface area contributed by atoms with Crippen molar-refractivity contribution >= 4 is 17.8 Å². The Morgan fingerprint density at radius 3 is 2.33 bits per heavy atom. The van der Waals surface area contributed by atoms with Crippen LogP contribution < -0.4 is 15.1 Å². The van der Waals surface area contributed by atoms with E-state index in [1.54, 1.807) is 0 Å². The molecule has 1 fully saturated rings. The molecule has 0 spiro atoms. The fraction of sp³-hybridized carbons (Fsp3) is 0.800. The van der Waals surface area contributed by atoms with Gasteiger partial charge in [0.25, 0.3) is 0 Å². The zero-order valence-corrected chi connectivity index (χ0v) is 13.8. The van der Waals surface area contributed by atoms with Crippen LogP contribution in [0.3, 0.4) is 0 Å². The minimum absolute atomic E-state index is 0.619. The Labute approximate surface area is 128 Å². The quantitative estimate of drug-likeness (QED) is 0.755. The second-order valence-corrected chi connectivity index (χ2v) is 5.86. The zero-order valence-electron chi connectivity index (χ0n) is 13.8. The average molecular weight is 292 g/mol. The van der Waals surface area contributed by atoms with Crippen molar-refractivity contribution in [3.8, 4) is 0 Å². The molecule has 2 rings (SSSR count). The molecule has 0 radical (unpaired) electrons. The summed E-state index contributed by atoms with van der Waals surface area (Å²) in [5.74, 6) is 2.23. The predicted octanol–water partition coefficient (Wildman–Crippen LogP) is 2.53. The van der Waals surface area contributed by atoms with E-state index in [4.69, 9.17) is 0 Å². The second kappa shape index (κ2) is 7.43. The molecule has 1 N–H and O–H groups in total. The number of nitrogens with zero attached hydrogens (tertiary/aromatic N) is 5. The van der Waals surface area contributed by atoms with Crippen LogP contribution in [0.1, 0.15) is 46.0 Å². The molecule has 21 heavy (non-hydrogen) atoms. The summed E-state index contributed by atoms with van der Waals surface area (Å²) in [5.41, 5.74) is 0. The number of hydrogen-bond acceptors (Lipinski definition) is 6. The molecule has 0 saturated heterocycles. The van der Waals surface area contributed by atoms with E-state index in [2.05, 4.69) is 39.0 Å². The molecule has 0 bridgehead atoms. The van der Waals surface area contributed by atoms with Gasteiger partial charge in [0, 0.05) is 33.2 Å². The van der Waals surface area contributed by atoms with Gasteiger partial charge in [0.2, 0.25) is 17.8 Å². The van der Waals surface area contributed by atoms with E-state index < -0.39 is 0 Å². The van der Waals surface area contributed by atoms with E-state index in [1.165, 1.54) is 25.7 Å². The van der Waals surface area contributed by atoms with E-state index in [9.17, 15) is 0 Å². The van der Waals surface area contributed by atoms with Gasteiger partial charge in [-0.15, -0.1) is 0 Å². The van der Waals surface area contributed by atoms with E-state index in [1.807, 2.05) is 19.0 Å². The first-order valence-electron chi connectivity index (χ1n) is 8.09. The maximum Gasteiger partial charge on any atom is 0.232 e. The fourth-order valence-electron chi connectivity index (χ4n) is 2.16. The highest BCUT2D eigenvalue weighted by atomic mass is 15.4. The first kappa shape index (κ1) is 15.8. The molecular formula is C15H28N6. The van der Waals surface area contributed by atoms with Crippen molar-refractivity contribution in [3.05, 3.63) is 0 Å². The van der Waals surface area contributed by atoms with E-state index in [0.29, 0.717) is 12.0 Å². The van der Waals surface area contributed by atoms with Crippen molar-refractivity contribution in [2.75, 3.05) is 42.3 Å². The lowest BCUT2D eigenvalue weighted by Crippen LogP contribution is -2.30. The summed E-state index contributed by atoms with van der Waals surface area (Å²) in [6, 6.07) is 0.619. The molecule has 0 unspecified atom stereocenters. The Morgan fingerprint density at radius 1 is 1.05 bits per heavy atom. The number of hydrogen-bond donors (Lipinski definition) is 1. The third kappa shape index (κ3) is 4.44. The summed E-state index contributed by atoms with van der Waals surface area (Å²) in [6.45, 7) is 6.28. The van der Waals surface area contributed by atoms with Gasteiger partial charge in [-0.25, -0.2) is 0 Å². The van der Waals surface area contributed by atoms with Crippen molar-refractivity contribution in [1.82, 2.24) is 15.0 Å². The van der Waals surface area contributed by atoms with Crippen LogP contribution in [0.5, 0.6) is 0 Å². The summed E-state index contributed by atoms with van der Waals surface area (Å²) in [6.07, 6.45) is 5.93. The maximum atomic E-state index is 4.65. The van der Waals surface area contributed by atoms with Crippen LogP contribution in [0.15, 0.2) is 0 Å². The standard InChI is InChI=1S/C15H28N6/c1-5-7-11-21(12-8-9-12)15-18-13(16-10-6-2)17-14(19-15)20(3)4/h12H,5-11H2,1-4H3,(H,16,17,18,19). The third-order valence-corrected chi connectivity index (χ3v) is 3.54. The number of unbranched alkanes of at least 4 members (excludes halogenated alkanes) is 1.